The molecule has 0 aliphatic heterocycles. The molecule has 1 saturated carbocycles. The lowest BCUT2D eigenvalue weighted by molar-refractivity contribution is -0.131. The van der Waals surface area contributed by atoms with Gasteiger partial charge in [-0.05, 0) is 18.3 Å². The fraction of sp³-hybridized carbons (Fsp3) is 0.818. The topological polar surface area (TPSA) is 55.1 Å². The van der Waals surface area contributed by atoms with E-state index in [1.54, 1.807) is 0 Å². The monoisotopic (exact) mass is 228 g/mol. The van der Waals surface area contributed by atoms with Gasteiger partial charge in [0.15, 0.2) is 0 Å². The standard InChI is InChI=1S/C11H20N2OS/c1-10(2,3)7-13-9(14)11(8(12)15)5-4-6-11/h4-7H2,1-3H3,(H2,12,15)(H,13,14). The van der Waals surface area contributed by atoms with Gasteiger partial charge in [-0.2, -0.15) is 0 Å². The molecule has 1 amide bonds. The van der Waals surface area contributed by atoms with E-state index in [0.29, 0.717) is 11.5 Å². The van der Waals surface area contributed by atoms with Gasteiger partial charge in [0.25, 0.3) is 0 Å². The summed E-state index contributed by atoms with van der Waals surface area (Å²) in [5.74, 6) is 0.0103. The van der Waals surface area contributed by atoms with Crippen molar-refractivity contribution >= 4 is 23.1 Å². The summed E-state index contributed by atoms with van der Waals surface area (Å²) in [6.45, 7) is 6.92. The van der Waals surface area contributed by atoms with E-state index in [9.17, 15) is 4.79 Å². The predicted molar refractivity (Wildman–Crippen MR) is 65.5 cm³/mol. The second-order valence-corrected chi connectivity index (χ2v) is 5.98. The quantitative estimate of drug-likeness (QED) is 0.722. The summed E-state index contributed by atoms with van der Waals surface area (Å²) in [5.41, 5.74) is 5.20. The van der Waals surface area contributed by atoms with Crippen LogP contribution in [0.25, 0.3) is 0 Å². The fourth-order valence-electron chi connectivity index (χ4n) is 1.63. The molecule has 0 radical (unpaired) electrons. The highest BCUT2D eigenvalue weighted by Crippen LogP contribution is 2.41. The maximum Gasteiger partial charge on any atom is 0.233 e. The molecule has 0 bridgehead atoms. The molecule has 3 nitrogen and oxygen atoms in total. The lowest BCUT2D eigenvalue weighted by Gasteiger charge is -2.39. The molecule has 0 saturated heterocycles. The normalized spacial score (nSPS) is 19.1. The minimum Gasteiger partial charge on any atom is -0.392 e. The smallest absolute Gasteiger partial charge is 0.233 e. The van der Waals surface area contributed by atoms with Gasteiger partial charge in [0.2, 0.25) is 5.91 Å². The Balaban J connectivity index is 2.56. The molecule has 1 aliphatic carbocycles. The number of hydrogen-bond donors (Lipinski definition) is 2. The van der Waals surface area contributed by atoms with Crippen LogP contribution >= 0.6 is 12.2 Å². The van der Waals surface area contributed by atoms with Gasteiger partial charge in [0.1, 0.15) is 0 Å². The Morgan fingerprint density at radius 1 is 1.47 bits per heavy atom. The highest BCUT2D eigenvalue weighted by molar-refractivity contribution is 7.80. The van der Waals surface area contributed by atoms with E-state index < -0.39 is 5.41 Å². The number of carbonyl (C=O) groups excluding carboxylic acids is 1. The second-order valence-electron chi connectivity index (χ2n) is 5.54. The number of hydrogen-bond acceptors (Lipinski definition) is 2. The SMILES string of the molecule is CC(C)(C)CNC(=O)C1(C(N)=S)CCC1. The predicted octanol–water partition coefficient (Wildman–Crippen LogP) is 1.61. The van der Waals surface area contributed by atoms with Gasteiger partial charge in [-0.3, -0.25) is 4.79 Å². The van der Waals surface area contributed by atoms with Crippen molar-refractivity contribution in [3.05, 3.63) is 0 Å². The Morgan fingerprint density at radius 3 is 2.27 bits per heavy atom. The molecule has 4 heteroatoms. The second kappa shape index (κ2) is 4.08. The summed E-state index contributed by atoms with van der Waals surface area (Å²) in [5, 5.41) is 2.94. The summed E-state index contributed by atoms with van der Waals surface area (Å²) >= 11 is 4.98. The molecule has 0 aromatic carbocycles. The number of nitrogens with one attached hydrogen (secondary N) is 1. The van der Waals surface area contributed by atoms with E-state index >= 15 is 0 Å². The first-order valence-electron chi connectivity index (χ1n) is 5.36. The van der Waals surface area contributed by atoms with Gasteiger partial charge in [-0.1, -0.05) is 39.4 Å². The summed E-state index contributed by atoms with van der Waals surface area (Å²) in [6.07, 6.45) is 2.65. The summed E-state index contributed by atoms with van der Waals surface area (Å²) < 4.78 is 0. The number of rotatable bonds is 3. The molecule has 15 heavy (non-hydrogen) atoms. The lowest BCUT2D eigenvalue weighted by Crippen LogP contribution is -2.54. The number of nitrogens with two attached hydrogens (primary N) is 1. The van der Waals surface area contributed by atoms with E-state index in [0.717, 1.165) is 19.3 Å². The van der Waals surface area contributed by atoms with Crippen LogP contribution in [0.1, 0.15) is 40.0 Å². The van der Waals surface area contributed by atoms with Crippen LogP contribution in [0.5, 0.6) is 0 Å². The van der Waals surface area contributed by atoms with Crippen LogP contribution in [0.15, 0.2) is 0 Å². The molecule has 1 fully saturated rings. The molecule has 0 spiro atoms. The van der Waals surface area contributed by atoms with E-state index in [4.69, 9.17) is 18.0 Å². The summed E-state index contributed by atoms with van der Waals surface area (Å²) in [6, 6.07) is 0. The molecule has 0 unspecified atom stereocenters. The van der Waals surface area contributed by atoms with Crippen LogP contribution in [0.2, 0.25) is 0 Å². The molecule has 0 aromatic heterocycles. The molecule has 0 atom stereocenters. The van der Waals surface area contributed by atoms with Crippen LogP contribution in [-0.2, 0) is 4.79 Å². The van der Waals surface area contributed by atoms with Crippen LogP contribution in [0.3, 0.4) is 0 Å². The van der Waals surface area contributed by atoms with Crippen molar-refractivity contribution in [2.24, 2.45) is 16.6 Å². The molecular weight excluding hydrogens is 208 g/mol. The Bertz CT molecular complexity index is 277. The van der Waals surface area contributed by atoms with E-state index in [1.807, 2.05) is 0 Å². The van der Waals surface area contributed by atoms with Crippen molar-refractivity contribution < 1.29 is 4.79 Å². The fourth-order valence-corrected chi connectivity index (χ4v) is 1.93. The van der Waals surface area contributed by atoms with Crippen molar-refractivity contribution in [2.75, 3.05) is 6.54 Å². The zero-order valence-corrected chi connectivity index (χ0v) is 10.5. The molecular formula is C11H20N2OS. The van der Waals surface area contributed by atoms with Crippen molar-refractivity contribution in [1.82, 2.24) is 5.32 Å². The highest BCUT2D eigenvalue weighted by Gasteiger charge is 2.46. The van der Waals surface area contributed by atoms with Gasteiger partial charge in [0.05, 0.1) is 10.4 Å². The van der Waals surface area contributed by atoms with Crippen LogP contribution < -0.4 is 11.1 Å². The maximum atomic E-state index is 12.0. The van der Waals surface area contributed by atoms with Crippen molar-refractivity contribution in [3.8, 4) is 0 Å². The summed E-state index contributed by atoms with van der Waals surface area (Å²) in [4.78, 5) is 12.3. The van der Waals surface area contributed by atoms with Crippen LogP contribution in [0.4, 0.5) is 0 Å². The first-order chi connectivity index (χ1) is 6.78. The number of thiocarbonyl (C=S) groups is 1. The third-order valence-corrected chi connectivity index (χ3v) is 3.28. The Hall–Kier alpha value is -0.640. The Kier molecular flexibility index (Phi) is 3.38. The van der Waals surface area contributed by atoms with Crippen LogP contribution in [0, 0.1) is 10.8 Å². The number of carbonyl (C=O) groups is 1. The van der Waals surface area contributed by atoms with E-state index in [2.05, 4.69) is 26.1 Å². The Labute approximate surface area is 96.8 Å². The van der Waals surface area contributed by atoms with Gasteiger partial charge in [-0.25, -0.2) is 0 Å². The van der Waals surface area contributed by atoms with E-state index in [1.165, 1.54) is 0 Å². The zero-order valence-electron chi connectivity index (χ0n) is 9.72. The van der Waals surface area contributed by atoms with Crippen molar-refractivity contribution in [2.45, 2.75) is 40.0 Å². The lowest BCUT2D eigenvalue weighted by atomic mass is 9.68. The molecule has 86 valence electrons. The van der Waals surface area contributed by atoms with Gasteiger partial charge < -0.3 is 11.1 Å². The molecule has 1 aliphatic rings. The molecule has 3 N–H and O–H groups in total. The van der Waals surface area contributed by atoms with Gasteiger partial charge in [-0.15, -0.1) is 0 Å². The Morgan fingerprint density at radius 2 is 2.00 bits per heavy atom. The first kappa shape index (κ1) is 12.4. The molecule has 0 aromatic rings. The van der Waals surface area contributed by atoms with Gasteiger partial charge in [0, 0.05) is 6.54 Å². The van der Waals surface area contributed by atoms with Crippen LogP contribution in [-0.4, -0.2) is 17.4 Å². The third kappa shape index (κ3) is 2.68. The highest BCUT2D eigenvalue weighted by atomic mass is 32.1. The van der Waals surface area contributed by atoms with Crippen molar-refractivity contribution in [3.63, 3.8) is 0 Å². The van der Waals surface area contributed by atoms with Crippen molar-refractivity contribution in [1.29, 1.82) is 0 Å². The number of amides is 1. The van der Waals surface area contributed by atoms with Gasteiger partial charge >= 0.3 is 0 Å². The summed E-state index contributed by atoms with van der Waals surface area (Å²) in [7, 11) is 0. The molecule has 1 rings (SSSR count). The first-order valence-corrected chi connectivity index (χ1v) is 5.77. The third-order valence-electron chi connectivity index (χ3n) is 2.89. The minimum absolute atomic E-state index is 0.0103. The zero-order chi connectivity index (χ0) is 11.7. The van der Waals surface area contributed by atoms with E-state index in [-0.39, 0.29) is 11.3 Å². The minimum atomic E-state index is -0.541. The average Bonchev–Trinajstić information content (AvgIpc) is 1.96. The molecule has 0 heterocycles. The average molecular weight is 228 g/mol. The maximum absolute atomic E-state index is 12.0. The largest absolute Gasteiger partial charge is 0.392 e.